The van der Waals surface area contributed by atoms with Crippen LogP contribution in [0.25, 0.3) is 33.5 Å². The fourth-order valence-electron chi connectivity index (χ4n) is 12.7. The van der Waals surface area contributed by atoms with Gasteiger partial charge in [0, 0.05) is 60.7 Å². The van der Waals surface area contributed by atoms with Crippen molar-refractivity contribution >= 4 is 68.5 Å². The summed E-state index contributed by atoms with van der Waals surface area (Å²) in [7, 11) is 3.27. The molecular weight excluding hydrogens is 1250 g/mol. The third-order valence-electron chi connectivity index (χ3n) is 18.3. The second-order valence-electron chi connectivity index (χ2n) is 26.5. The number of carbonyl (C=O) groups excluding carboxylic acids is 2. The molecule has 544 valence electrons. The third-order valence-corrected chi connectivity index (χ3v) is 18.8. The topological polar surface area (TPSA) is 273 Å². The van der Waals surface area contributed by atoms with E-state index in [0.29, 0.717) is 33.1 Å². The summed E-state index contributed by atoms with van der Waals surface area (Å²) in [6, 6.07) is 0. The van der Waals surface area contributed by atoms with Gasteiger partial charge >= 0.3 is 11.4 Å². The average Bonchev–Trinajstić information content (AvgIpc) is 1.63. The first-order chi connectivity index (χ1) is 46.0. The van der Waals surface area contributed by atoms with Crippen molar-refractivity contribution in [1.82, 2.24) is 68.4 Å². The van der Waals surface area contributed by atoms with Gasteiger partial charge in [-0.05, 0) is 77.4 Å². The zero-order valence-electron chi connectivity index (χ0n) is 59.7. The van der Waals surface area contributed by atoms with Gasteiger partial charge in [-0.25, -0.2) is 29.5 Å². The fraction of sp³-hybridized carbons (Fsp3) is 0.767. The largest absolute Gasteiger partial charge is 0.356 e. The van der Waals surface area contributed by atoms with Crippen LogP contribution in [-0.2, 0) is 43.3 Å². The van der Waals surface area contributed by atoms with E-state index in [9.17, 15) is 28.8 Å². The van der Waals surface area contributed by atoms with Crippen molar-refractivity contribution < 1.29 is 9.59 Å². The van der Waals surface area contributed by atoms with E-state index in [0.717, 1.165) is 107 Å². The Balaban J connectivity index is 0.000000374. The number of H-pyrrole nitrogens is 2. The van der Waals surface area contributed by atoms with E-state index in [1.165, 1.54) is 234 Å². The van der Waals surface area contributed by atoms with Gasteiger partial charge in [-0.2, -0.15) is 4.98 Å². The number of aromatic amines is 2. The smallest absolute Gasteiger partial charge is 0.329 e. The Morgan fingerprint density at radius 3 is 0.938 bits per heavy atom. The molecule has 0 aliphatic carbocycles. The minimum atomic E-state index is -0.424. The number of carbonyl (C=O) groups is 2. The number of rotatable bonds is 50. The van der Waals surface area contributed by atoms with Crippen molar-refractivity contribution in [3.05, 3.63) is 69.6 Å². The molecule has 0 fully saturated rings. The highest BCUT2D eigenvalue weighted by Crippen LogP contribution is 2.25. The number of aryl methyl sites for hydroxylation is 8. The molecule has 0 saturated carbocycles. The molecule has 0 aliphatic heterocycles. The lowest BCUT2D eigenvalue weighted by atomic mass is 10.0. The van der Waals surface area contributed by atoms with Crippen molar-refractivity contribution in [3.63, 3.8) is 0 Å². The molecule has 6 N–H and O–H groups in total. The molecule has 0 aromatic carbocycles. The Morgan fingerprint density at radius 1 is 0.385 bits per heavy atom. The third kappa shape index (κ3) is 32.8. The van der Waals surface area contributed by atoms with Crippen LogP contribution in [0.2, 0.25) is 10.4 Å². The van der Waals surface area contributed by atoms with Crippen molar-refractivity contribution in [3.8, 4) is 0 Å². The predicted octanol–water partition coefficient (Wildman–Crippen LogP) is 16.2. The molecule has 2 amide bonds. The molecule has 6 rings (SSSR count). The summed E-state index contributed by atoms with van der Waals surface area (Å²) in [6.45, 7) is 13.8. The van der Waals surface area contributed by atoms with Crippen molar-refractivity contribution in [2.24, 2.45) is 19.8 Å². The van der Waals surface area contributed by atoms with Crippen molar-refractivity contribution in [2.75, 3.05) is 19.6 Å². The van der Waals surface area contributed by atoms with Crippen LogP contribution < -0.4 is 38.9 Å². The van der Waals surface area contributed by atoms with Crippen LogP contribution in [-0.4, -0.2) is 89.2 Å². The van der Waals surface area contributed by atoms with Crippen LogP contribution in [0.5, 0.6) is 0 Å². The maximum atomic E-state index is 12.2. The number of hydrogen-bond acceptors (Lipinski definition) is 12. The van der Waals surface area contributed by atoms with Gasteiger partial charge < -0.3 is 30.1 Å². The van der Waals surface area contributed by atoms with Gasteiger partial charge in [0.05, 0.1) is 0 Å². The quantitative estimate of drug-likeness (QED) is 0.0136. The number of hydrogen-bond donors (Lipinski definition) is 5. The molecule has 6 heterocycles. The van der Waals surface area contributed by atoms with E-state index in [4.69, 9.17) is 28.9 Å². The lowest BCUT2D eigenvalue weighted by molar-refractivity contribution is -0.119. The number of nitrogens with two attached hydrogens (primary N) is 1. The average molecular weight is 1380 g/mol. The molecule has 6 aromatic rings. The summed E-state index contributed by atoms with van der Waals surface area (Å²) in [5.41, 5.74) is 7.28. The number of fused-ring (bicyclic) bond motifs is 3. The van der Waals surface area contributed by atoms with Crippen LogP contribution in [0.1, 0.15) is 308 Å². The Kier molecular flexibility index (Phi) is 44.6. The standard InChI is InChI=1S/C25H43N5O3.C24H39Cl2N5O.C23H41N5O2.CH4/c1-20-27-23-22(24(32)28-25(33)29(23)3)30(20)19-17-15-13-11-9-7-5-4-6-8-10-12-14-16-18-26-21(2)31;1-19-28-23-21(22(25)29-24(26)30-23)31(19)18-16-14-12-10-8-6-4-3-5-7-9-11-13-15-17-27-20(2)32;1-19-25-21-20(22(29)26-23(30)27(21)2)28(19)18-16-14-12-10-8-6-4-3-5-7-9-11-13-15-17-24;/h4-19H2,1-3H3,(H,26,31)(H,28,32,33);3-18H2,1-2H3,(H,27,32);3-18,24H2,1-2H3,(H,26,29,30);1H4. The van der Waals surface area contributed by atoms with Crippen molar-refractivity contribution in [1.29, 1.82) is 0 Å². The molecule has 6 aromatic heterocycles. The Hall–Kier alpha value is -5.67. The van der Waals surface area contributed by atoms with E-state index in [1.54, 1.807) is 27.9 Å². The van der Waals surface area contributed by atoms with Crippen LogP contribution in [0.3, 0.4) is 0 Å². The fourth-order valence-corrected chi connectivity index (χ4v) is 13.2. The molecule has 23 heteroatoms. The maximum Gasteiger partial charge on any atom is 0.329 e. The first-order valence-electron chi connectivity index (χ1n) is 37.0. The first-order valence-corrected chi connectivity index (χ1v) is 37.8. The second-order valence-corrected chi connectivity index (χ2v) is 27.2. The monoisotopic (exact) mass is 1380 g/mol. The van der Waals surface area contributed by atoms with Gasteiger partial charge in [0.25, 0.3) is 11.1 Å². The van der Waals surface area contributed by atoms with E-state index in [2.05, 4.69) is 50.1 Å². The molecule has 96 heavy (non-hydrogen) atoms. The summed E-state index contributed by atoms with van der Waals surface area (Å²) in [6.07, 6.45) is 53.6. The number of imidazole rings is 3. The normalized spacial score (nSPS) is 11.3. The zero-order valence-corrected chi connectivity index (χ0v) is 61.2. The Morgan fingerprint density at radius 2 is 0.646 bits per heavy atom. The van der Waals surface area contributed by atoms with Gasteiger partial charge in [-0.3, -0.25) is 38.3 Å². The highest BCUT2D eigenvalue weighted by Gasteiger charge is 2.18. The number of amides is 2. The van der Waals surface area contributed by atoms with E-state index >= 15 is 0 Å². The molecule has 0 spiro atoms. The molecule has 0 radical (unpaired) electrons. The zero-order chi connectivity index (χ0) is 69.0. The number of nitrogens with one attached hydrogen (secondary N) is 4. The van der Waals surface area contributed by atoms with Crippen molar-refractivity contribution in [2.45, 2.75) is 331 Å². The summed E-state index contributed by atoms with van der Waals surface area (Å²) in [4.78, 5) is 95.8. The Bertz CT molecular complexity index is 3360. The van der Waals surface area contributed by atoms with Gasteiger partial charge in [-0.1, -0.05) is 250 Å². The lowest BCUT2D eigenvalue weighted by Crippen LogP contribution is -2.29. The van der Waals surface area contributed by atoms with E-state index < -0.39 is 11.4 Å². The molecule has 0 aliphatic rings. The van der Waals surface area contributed by atoms with E-state index in [-0.39, 0.29) is 35.6 Å². The minimum Gasteiger partial charge on any atom is -0.356 e. The highest BCUT2D eigenvalue weighted by atomic mass is 35.5. The van der Waals surface area contributed by atoms with Gasteiger partial charge in [0.15, 0.2) is 33.1 Å². The van der Waals surface area contributed by atoms with Crippen LogP contribution in [0.15, 0.2) is 19.2 Å². The molecule has 0 saturated heterocycles. The number of unbranched alkanes of at least 4 members (excludes halogenated alkanes) is 39. The summed E-state index contributed by atoms with van der Waals surface area (Å²) >= 11 is 12.1. The van der Waals surface area contributed by atoms with Gasteiger partial charge in [-0.15, -0.1) is 0 Å². The molecule has 0 unspecified atom stereocenters. The SMILES string of the molecule is C.CC(=O)NCCCCCCCCCCCCCCCCn1c(C)nc2c1c(=O)[nH]c(=O)n2C.CC(=O)NCCCCCCCCCCCCCCCCn1c(C)nc2nc(Cl)nc(Cl)c21.Cc1nc2c(c(=O)[nH]c(=O)n2C)n1CCCCCCCCCCCCCCCCN. The van der Waals surface area contributed by atoms with Gasteiger partial charge in [0.2, 0.25) is 17.1 Å². The number of nitrogens with zero attached hydrogens (tertiary/aromatic N) is 10. The summed E-state index contributed by atoms with van der Waals surface area (Å²) < 4.78 is 8.80. The maximum absolute atomic E-state index is 12.2. The van der Waals surface area contributed by atoms with Gasteiger partial charge in [0.1, 0.15) is 23.0 Å². The lowest BCUT2D eigenvalue weighted by Gasteiger charge is -2.07. The van der Waals surface area contributed by atoms with Crippen LogP contribution in [0, 0.1) is 20.8 Å². The summed E-state index contributed by atoms with van der Waals surface area (Å²) in [5, 5.41) is 6.22. The first kappa shape index (κ1) is 84.6. The predicted molar refractivity (Wildman–Crippen MR) is 398 cm³/mol. The molecule has 0 atom stereocenters. The number of aromatic nitrogens is 12. The Labute approximate surface area is 583 Å². The second kappa shape index (κ2) is 50.6. The summed E-state index contributed by atoms with van der Waals surface area (Å²) in [5.74, 6) is 2.62. The van der Waals surface area contributed by atoms with Crippen LogP contribution >= 0.6 is 23.2 Å². The van der Waals surface area contributed by atoms with E-state index in [1.807, 2.05) is 29.9 Å². The number of halogens is 2. The van der Waals surface area contributed by atoms with Crippen LogP contribution in [0.4, 0.5) is 0 Å². The molecule has 0 bridgehead atoms. The minimum absolute atomic E-state index is 0. The molecular formula is C73H127Cl2N15O6. The highest BCUT2D eigenvalue weighted by molar-refractivity contribution is 6.35. The molecule has 21 nitrogen and oxygen atoms in total.